The van der Waals surface area contributed by atoms with Crippen LogP contribution in [0.25, 0.3) is 0 Å². The molecule has 0 radical (unpaired) electrons. The van der Waals surface area contributed by atoms with Gasteiger partial charge in [-0.15, -0.1) is 0 Å². The summed E-state index contributed by atoms with van der Waals surface area (Å²) in [5, 5.41) is 0. The van der Waals surface area contributed by atoms with Crippen molar-refractivity contribution in [2.45, 2.75) is 44.9 Å². The maximum atomic E-state index is 5.75. The number of hydrogen-bond donors (Lipinski definition) is 1. The minimum atomic E-state index is 0.692. The monoisotopic (exact) mass is 260 g/mol. The van der Waals surface area contributed by atoms with Crippen molar-refractivity contribution >= 4 is 5.95 Å². The molecule has 0 aromatic carbocycles. The first-order chi connectivity index (χ1) is 9.36. The molecule has 1 saturated heterocycles. The number of aryl methyl sites for hydroxylation is 2. The van der Waals surface area contributed by atoms with Crippen LogP contribution in [0.3, 0.4) is 0 Å². The van der Waals surface area contributed by atoms with Gasteiger partial charge in [0.1, 0.15) is 0 Å². The zero-order chi connectivity index (χ0) is 13.1. The van der Waals surface area contributed by atoms with Crippen molar-refractivity contribution in [1.82, 2.24) is 9.97 Å². The summed E-state index contributed by atoms with van der Waals surface area (Å²) in [6, 6.07) is 0. The molecule has 0 atom stereocenters. The van der Waals surface area contributed by atoms with E-state index >= 15 is 0 Å². The number of fused-ring (bicyclic) bond motifs is 1. The van der Waals surface area contributed by atoms with Crippen molar-refractivity contribution in [3.63, 3.8) is 0 Å². The highest BCUT2D eigenvalue weighted by molar-refractivity contribution is 5.34. The molecule has 1 aliphatic heterocycles. The summed E-state index contributed by atoms with van der Waals surface area (Å²) in [7, 11) is 0. The van der Waals surface area contributed by atoms with E-state index < -0.39 is 0 Å². The third-order valence-corrected chi connectivity index (χ3v) is 4.53. The third-order valence-electron chi connectivity index (χ3n) is 4.53. The van der Waals surface area contributed by atoms with Crippen LogP contribution in [-0.4, -0.2) is 29.6 Å². The quantitative estimate of drug-likeness (QED) is 0.825. The second-order valence-electron chi connectivity index (χ2n) is 5.87. The van der Waals surface area contributed by atoms with Crippen molar-refractivity contribution < 1.29 is 0 Å². The summed E-state index contributed by atoms with van der Waals surface area (Å²) >= 11 is 0. The van der Waals surface area contributed by atoms with Crippen LogP contribution >= 0.6 is 0 Å². The van der Waals surface area contributed by atoms with E-state index in [0.717, 1.165) is 38.4 Å². The van der Waals surface area contributed by atoms with Gasteiger partial charge in [0.2, 0.25) is 5.95 Å². The molecule has 0 saturated carbocycles. The first-order valence-corrected chi connectivity index (χ1v) is 7.66. The molecule has 3 rings (SSSR count). The lowest BCUT2D eigenvalue weighted by molar-refractivity contribution is 0.411. The van der Waals surface area contributed by atoms with Crippen LogP contribution in [-0.2, 0) is 12.8 Å². The highest BCUT2D eigenvalue weighted by atomic mass is 15.3. The molecule has 4 nitrogen and oxygen atoms in total. The molecule has 0 bridgehead atoms. The summed E-state index contributed by atoms with van der Waals surface area (Å²) in [5.74, 6) is 1.63. The predicted molar refractivity (Wildman–Crippen MR) is 77.3 cm³/mol. The number of rotatable bonds is 2. The summed E-state index contributed by atoms with van der Waals surface area (Å²) in [5.41, 5.74) is 8.41. The maximum absolute atomic E-state index is 5.75. The summed E-state index contributed by atoms with van der Waals surface area (Å²) in [6.07, 6.45) is 10.6. The number of nitrogens with zero attached hydrogens (tertiary/aromatic N) is 3. The number of anilines is 1. The molecular weight excluding hydrogens is 236 g/mol. The van der Waals surface area contributed by atoms with E-state index in [9.17, 15) is 0 Å². The Bertz CT molecular complexity index is 424. The molecule has 0 amide bonds. The molecule has 2 N–H and O–H groups in total. The summed E-state index contributed by atoms with van der Waals surface area (Å²) in [6.45, 7) is 2.93. The number of aromatic nitrogens is 2. The highest BCUT2D eigenvalue weighted by Crippen LogP contribution is 2.23. The van der Waals surface area contributed by atoms with Crippen LogP contribution in [0.1, 0.15) is 43.4 Å². The SMILES string of the molecule is NCC1CCN(c2ncc3c(n2)CCCCC3)CC1. The van der Waals surface area contributed by atoms with Gasteiger partial charge in [-0.3, -0.25) is 0 Å². The smallest absolute Gasteiger partial charge is 0.225 e. The zero-order valence-corrected chi connectivity index (χ0v) is 11.6. The fourth-order valence-electron chi connectivity index (χ4n) is 3.16. The van der Waals surface area contributed by atoms with E-state index in [1.54, 1.807) is 0 Å². The van der Waals surface area contributed by atoms with E-state index in [2.05, 4.69) is 16.1 Å². The Morgan fingerprint density at radius 1 is 1.16 bits per heavy atom. The van der Waals surface area contributed by atoms with E-state index in [1.165, 1.54) is 43.4 Å². The molecule has 1 aliphatic carbocycles. The molecule has 104 valence electrons. The Kier molecular flexibility index (Phi) is 3.97. The molecule has 4 heteroatoms. The van der Waals surface area contributed by atoms with Crippen molar-refractivity contribution in [1.29, 1.82) is 0 Å². The summed E-state index contributed by atoms with van der Waals surface area (Å²) in [4.78, 5) is 11.8. The Balaban J connectivity index is 1.73. The minimum absolute atomic E-state index is 0.692. The van der Waals surface area contributed by atoms with Crippen LogP contribution in [0.4, 0.5) is 5.95 Å². The van der Waals surface area contributed by atoms with Crippen LogP contribution < -0.4 is 10.6 Å². The molecule has 0 spiro atoms. The molecule has 2 heterocycles. The first-order valence-electron chi connectivity index (χ1n) is 7.66. The fourth-order valence-corrected chi connectivity index (χ4v) is 3.16. The molecule has 19 heavy (non-hydrogen) atoms. The van der Waals surface area contributed by atoms with Gasteiger partial charge in [0.25, 0.3) is 0 Å². The van der Waals surface area contributed by atoms with Gasteiger partial charge in [0.15, 0.2) is 0 Å². The topological polar surface area (TPSA) is 55.0 Å². The lowest BCUT2D eigenvalue weighted by Gasteiger charge is -2.31. The maximum Gasteiger partial charge on any atom is 0.225 e. The average molecular weight is 260 g/mol. The highest BCUT2D eigenvalue weighted by Gasteiger charge is 2.21. The first kappa shape index (κ1) is 12.9. The Labute approximate surface area is 115 Å². The molecule has 0 unspecified atom stereocenters. The number of piperidine rings is 1. The second-order valence-corrected chi connectivity index (χ2v) is 5.87. The molecular formula is C15H24N4. The molecule has 1 fully saturated rings. The molecule has 1 aromatic rings. The summed E-state index contributed by atoms with van der Waals surface area (Å²) < 4.78 is 0. The lowest BCUT2D eigenvalue weighted by Crippen LogP contribution is -2.37. The van der Waals surface area contributed by atoms with Crippen LogP contribution in [0, 0.1) is 5.92 Å². The Morgan fingerprint density at radius 3 is 2.74 bits per heavy atom. The normalized spacial score (nSPS) is 21.0. The second kappa shape index (κ2) is 5.87. The largest absolute Gasteiger partial charge is 0.341 e. The van der Waals surface area contributed by atoms with Crippen molar-refractivity contribution in [3.05, 3.63) is 17.5 Å². The van der Waals surface area contributed by atoms with Crippen molar-refractivity contribution in [3.8, 4) is 0 Å². The van der Waals surface area contributed by atoms with Gasteiger partial charge in [0.05, 0.1) is 0 Å². The zero-order valence-electron chi connectivity index (χ0n) is 11.6. The number of hydrogen-bond acceptors (Lipinski definition) is 4. The van der Waals surface area contributed by atoms with Crippen LogP contribution in [0.2, 0.25) is 0 Å². The Morgan fingerprint density at radius 2 is 1.95 bits per heavy atom. The van der Waals surface area contributed by atoms with Crippen LogP contribution in [0.5, 0.6) is 0 Å². The fraction of sp³-hybridized carbons (Fsp3) is 0.733. The lowest BCUT2D eigenvalue weighted by atomic mass is 9.97. The number of nitrogens with two attached hydrogens (primary N) is 1. The van der Waals surface area contributed by atoms with Gasteiger partial charge in [-0.1, -0.05) is 6.42 Å². The van der Waals surface area contributed by atoms with Gasteiger partial charge in [0, 0.05) is 25.0 Å². The van der Waals surface area contributed by atoms with Crippen molar-refractivity contribution in [2.24, 2.45) is 11.7 Å². The molecule has 1 aromatic heterocycles. The van der Waals surface area contributed by atoms with E-state index in [0.29, 0.717) is 5.92 Å². The predicted octanol–water partition coefficient (Wildman–Crippen LogP) is 1.92. The average Bonchev–Trinajstić information content (AvgIpc) is 2.72. The van der Waals surface area contributed by atoms with E-state index in [4.69, 9.17) is 10.7 Å². The van der Waals surface area contributed by atoms with Gasteiger partial charge >= 0.3 is 0 Å². The minimum Gasteiger partial charge on any atom is -0.341 e. The van der Waals surface area contributed by atoms with Crippen molar-refractivity contribution in [2.75, 3.05) is 24.5 Å². The molecule has 2 aliphatic rings. The van der Waals surface area contributed by atoms with Gasteiger partial charge in [-0.25, -0.2) is 9.97 Å². The third kappa shape index (κ3) is 2.89. The van der Waals surface area contributed by atoms with Gasteiger partial charge in [-0.05, 0) is 56.6 Å². The van der Waals surface area contributed by atoms with Gasteiger partial charge in [-0.2, -0.15) is 0 Å². The Hall–Kier alpha value is -1.16. The standard InChI is InChI=1S/C15H24N4/c16-10-12-6-8-19(9-7-12)15-17-11-13-4-2-1-3-5-14(13)18-15/h11-12H,1-10,16H2. The van der Waals surface area contributed by atoms with Crippen LogP contribution in [0.15, 0.2) is 6.20 Å². The van der Waals surface area contributed by atoms with E-state index in [1.807, 2.05) is 0 Å². The van der Waals surface area contributed by atoms with E-state index in [-0.39, 0.29) is 0 Å². The van der Waals surface area contributed by atoms with Gasteiger partial charge < -0.3 is 10.6 Å².